The van der Waals surface area contributed by atoms with E-state index >= 15 is 0 Å². The highest BCUT2D eigenvalue weighted by Crippen LogP contribution is 2.36. The molecule has 0 aromatic rings. The van der Waals surface area contributed by atoms with Gasteiger partial charge in [0.15, 0.2) is 6.29 Å². The Morgan fingerprint density at radius 2 is 1.56 bits per heavy atom. The van der Waals surface area contributed by atoms with Crippen LogP contribution in [0.25, 0.3) is 0 Å². The van der Waals surface area contributed by atoms with Gasteiger partial charge in [-0.05, 0) is 6.42 Å². The fourth-order valence-electron chi connectivity index (χ4n) is 1.46. The van der Waals surface area contributed by atoms with E-state index < -0.39 is 44.5 Å². The number of aliphatic hydroxyl groups is 4. The fraction of sp³-hybridized carbons (Fsp3) is 1.00. The van der Waals surface area contributed by atoms with Gasteiger partial charge in [-0.25, -0.2) is 0 Å². The highest BCUT2D eigenvalue weighted by molar-refractivity contribution is 7.51. The lowest BCUT2D eigenvalue weighted by atomic mass is 9.97. The molecule has 16 heavy (non-hydrogen) atoms. The van der Waals surface area contributed by atoms with Crippen LogP contribution in [-0.2, 0) is 9.30 Å². The molecule has 0 bridgehead atoms. The van der Waals surface area contributed by atoms with E-state index in [0.717, 1.165) is 0 Å². The predicted octanol–water partition coefficient (Wildman–Crippen LogP) is -2.65. The Labute approximate surface area is 91.3 Å². The van der Waals surface area contributed by atoms with Gasteiger partial charge in [0.2, 0.25) is 0 Å². The summed E-state index contributed by atoms with van der Waals surface area (Å²) < 4.78 is 15.3. The maximum Gasteiger partial charge on any atom is 0.325 e. The van der Waals surface area contributed by atoms with Gasteiger partial charge in [-0.15, -0.1) is 0 Å². The number of rotatable bonds is 3. The average Bonchev–Trinajstić information content (AvgIpc) is 2.17. The summed E-state index contributed by atoms with van der Waals surface area (Å²) in [5.74, 6) is 0. The highest BCUT2D eigenvalue weighted by Gasteiger charge is 2.43. The SMILES string of the molecule is O=P(O)(O)CC[C@H]1O[C@H](O)[C@@H](O)[C@@H](O)[C@@H]1O. The van der Waals surface area contributed by atoms with Gasteiger partial charge in [0.25, 0.3) is 0 Å². The van der Waals surface area contributed by atoms with E-state index in [1.165, 1.54) is 0 Å². The van der Waals surface area contributed by atoms with Crippen molar-refractivity contribution >= 4 is 7.60 Å². The third-order valence-corrected chi connectivity index (χ3v) is 3.23. The lowest BCUT2D eigenvalue weighted by Crippen LogP contribution is -2.57. The molecule has 0 aromatic heterocycles. The van der Waals surface area contributed by atoms with Gasteiger partial charge in [-0.1, -0.05) is 0 Å². The van der Waals surface area contributed by atoms with Crippen molar-refractivity contribution < 1.29 is 39.5 Å². The molecule has 6 N–H and O–H groups in total. The van der Waals surface area contributed by atoms with Gasteiger partial charge < -0.3 is 34.9 Å². The molecule has 1 fully saturated rings. The second kappa shape index (κ2) is 5.07. The van der Waals surface area contributed by atoms with Crippen molar-refractivity contribution in [3.8, 4) is 0 Å². The Morgan fingerprint density at radius 1 is 1.00 bits per heavy atom. The van der Waals surface area contributed by atoms with Crippen molar-refractivity contribution in [2.45, 2.75) is 37.1 Å². The van der Waals surface area contributed by atoms with Crippen LogP contribution in [0, 0.1) is 0 Å². The molecule has 0 saturated carbocycles. The van der Waals surface area contributed by atoms with Crippen molar-refractivity contribution in [3.05, 3.63) is 0 Å². The van der Waals surface area contributed by atoms with Crippen molar-refractivity contribution in [2.75, 3.05) is 6.16 Å². The van der Waals surface area contributed by atoms with Crippen molar-refractivity contribution in [3.63, 3.8) is 0 Å². The lowest BCUT2D eigenvalue weighted by Gasteiger charge is -2.38. The van der Waals surface area contributed by atoms with E-state index in [4.69, 9.17) is 24.7 Å². The number of hydrogen-bond donors (Lipinski definition) is 6. The largest absolute Gasteiger partial charge is 0.388 e. The molecular weight excluding hydrogens is 243 g/mol. The van der Waals surface area contributed by atoms with Crippen LogP contribution in [-0.4, -0.2) is 67.1 Å². The van der Waals surface area contributed by atoms with Crippen LogP contribution in [0.2, 0.25) is 0 Å². The van der Waals surface area contributed by atoms with Crippen molar-refractivity contribution in [1.29, 1.82) is 0 Å². The number of ether oxygens (including phenoxy) is 1. The molecule has 1 aliphatic heterocycles. The Hall–Kier alpha value is -0.0500. The minimum Gasteiger partial charge on any atom is -0.388 e. The molecule has 96 valence electrons. The minimum atomic E-state index is -4.23. The van der Waals surface area contributed by atoms with Crippen molar-refractivity contribution in [1.82, 2.24) is 0 Å². The molecule has 0 aromatic carbocycles. The first-order valence-electron chi connectivity index (χ1n) is 4.64. The summed E-state index contributed by atoms with van der Waals surface area (Å²) in [6, 6.07) is 0. The molecule has 5 atom stereocenters. The fourth-order valence-corrected chi connectivity index (χ4v) is 2.06. The van der Waals surface area contributed by atoms with E-state index in [2.05, 4.69) is 0 Å². The average molecular weight is 258 g/mol. The van der Waals surface area contributed by atoms with Crippen LogP contribution >= 0.6 is 7.60 Å². The molecule has 0 aliphatic carbocycles. The zero-order valence-electron chi connectivity index (χ0n) is 8.25. The molecule has 1 aliphatic rings. The molecule has 1 rings (SSSR count). The standard InChI is InChI=1S/C7H15O8P/c8-4-3(1-2-16(12,13)14)15-7(11)6(10)5(4)9/h3-11H,1-2H2,(H2,12,13,14)/t3-,4-,5+,6+,7+/m1/s1. The lowest BCUT2D eigenvalue weighted by molar-refractivity contribution is -0.281. The van der Waals surface area contributed by atoms with Gasteiger partial charge in [0.1, 0.15) is 18.3 Å². The smallest absolute Gasteiger partial charge is 0.325 e. The van der Waals surface area contributed by atoms with Crippen molar-refractivity contribution in [2.24, 2.45) is 0 Å². The molecule has 1 saturated heterocycles. The molecule has 0 amide bonds. The topological polar surface area (TPSA) is 148 Å². The monoisotopic (exact) mass is 258 g/mol. The Morgan fingerprint density at radius 3 is 2.06 bits per heavy atom. The molecular formula is C7H15O8P. The zero-order valence-corrected chi connectivity index (χ0v) is 9.14. The summed E-state index contributed by atoms with van der Waals surface area (Å²) in [5, 5.41) is 37.0. The zero-order chi connectivity index (χ0) is 12.5. The number of hydrogen-bond acceptors (Lipinski definition) is 6. The summed E-state index contributed by atoms with van der Waals surface area (Å²) in [5.41, 5.74) is 0. The Bertz CT molecular complexity index is 278. The maximum atomic E-state index is 10.6. The molecule has 0 radical (unpaired) electrons. The van der Waals surface area contributed by atoms with Crippen LogP contribution in [0.1, 0.15) is 6.42 Å². The summed E-state index contributed by atoms with van der Waals surface area (Å²) in [7, 11) is -4.23. The summed E-state index contributed by atoms with van der Waals surface area (Å²) in [6.07, 6.45) is -8.31. The van der Waals surface area contributed by atoms with E-state index in [1.807, 2.05) is 0 Å². The Kier molecular flexibility index (Phi) is 4.44. The molecule has 0 spiro atoms. The van der Waals surface area contributed by atoms with Crippen LogP contribution in [0.15, 0.2) is 0 Å². The van der Waals surface area contributed by atoms with Gasteiger partial charge in [0.05, 0.1) is 12.3 Å². The molecule has 8 nitrogen and oxygen atoms in total. The first-order chi connectivity index (χ1) is 7.22. The van der Waals surface area contributed by atoms with Gasteiger partial charge in [-0.2, -0.15) is 0 Å². The van der Waals surface area contributed by atoms with Crippen LogP contribution < -0.4 is 0 Å². The van der Waals surface area contributed by atoms with Crippen LogP contribution in [0.5, 0.6) is 0 Å². The Balaban J connectivity index is 2.57. The molecule has 0 unspecified atom stereocenters. The second-order valence-electron chi connectivity index (χ2n) is 3.71. The minimum absolute atomic E-state index is 0.230. The van der Waals surface area contributed by atoms with Crippen LogP contribution in [0.4, 0.5) is 0 Å². The summed E-state index contributed by atoms with van der Waals surface area (Å²) in [6.45, 7) is 0. The van der Waals surface area contributed by atoms with Gasteiger partial charge >= 0.3 is 7.60 Å². The first-order valence-corrected chi connectivity index (χ1v) is 6.44. The predicted molar refractivity (Wildman–Crippen MR) is 50.4 cm³/mol. The first kappa shape index (κ1) is 14.0. The van der Waals surface area contributed by atoms with E-state index in [9.17, 15) is 14.8 Å². The quantitative estimate of drug-likeness (QED) is 0.301. The molecule has 9 heteroatoms. The van der Waals surface area contributed by atoms with E-state index in [-0.39, 0.29) is 6.42 Å². The molecule has 1 heterocycles. The maximum absolute atomic E-state index is 10.6. The van der Waals surface area contributed by atoms with E-state index in [0.29, 0.717) is 0 Å². The second-order valence-corrected chi connectivity index (χ2v) is 5.49. The van der Waals surface area contributed by atoms with Gasteiger partial charge in [-0.3, -0.25) is 4.57 Å². The third-order valence-electron chi connectivity index (χ3n) is 2.39. The van der Waals surface area contributed by atoms with E-state index in [1.54, 1.807) is 0 Å². The normalized spacial score (nSPS) is 41.0. The summed E-state index contributed by atoms with van der Waals surface area (Å²) in [4.78, 5) is 17.2. The number of aliphatic hydroxyl groups excluding tert-OH is 4. The van der Waals surface area contributed by atoms with Crippen LogP contribution in [0.3, 0.4) is 0 Å². The highest BCUT2D eigenvalue weighted by atomic mass is 31.2. The summed E-state index contributed by atoms with van der Waals surface area (Å²) >= 11 is 0. The third kappa shape index (κ3) is 3.47. The van der Waals surface area contributed by atoms with Gasteiger partial charge in [0, 0.05) is 0 Å².